The summed E-state index contributed by atoms with van der Waals surface area (Å²) in [5, 5.41) is 5.01. The lowest BCUT2D eigenvalue weighted by Crippen LogP contribution is -2.19. The van der Waals surface area contributed by atoms with Crippen LogP contribution in [-0.4, -0.2) is 36.3 Å². The van der Waals surface area contributed by atoms with Gasteiger partial charge < -0.3 is 19.2 Å². The van der Waals surface area contributed by atoms with Crippen molar-refractivity contribution in [3.05, 3.63) is 111 Å². The molecule has 1 heterocycles. The predicted molar refractivity (Wildman–Crippen MR) is 172 cm³/mol. The van der Waals surface area contributed by atoms with E-state index >= 15 is 0 Å². The average molecular weight is 679 g/mol. The fourth-order valence-corrected chi connectivity index (χ4v) is 5.15. The van der Waals surface area contributed by atoms with Crippen molar-refractivity contribution in [1.29, 1.82) is 0 Å². The van der Waals surface area contributed by atoms with Crippen LogP contribution >= 0.6 is 27.5 Å². The minimum Gasteiger partial charge on any atom is -0.490 e. The normalized spacial score (nSPS) is 11.1. The van der Waals surface area contributed by atoms with Gasteiger partial charge in [-0.05, 0) is 74.5 Å². The second-order valence-corrected chi connectivity index (χ2v) is 10.7. The van der Waals surface area contributed by atoms with Gasteiger partial charge in [-0.1, -0.05) is 45.7 Å². The Hall–Kier alpha value is -4.67. The zero-order chi connectivity index (χ0) is 31.2. The molecule has 0 aliphatic rings. The van der Waals surface area contributed by atoms with Crippen LogP contribution in [0.2, 0.25) is 5.02 Å². The van der Waals surface area contributed by atoms with E-state index in [1.807, 2.05) is 13.8 Å². The van der Waals surface area contributed by atoms with E-state index in [0.717, 1.165) is 0 Å². The number of fused-ring (bicyclic) bond motifs is 1. The number of carbonyl (C=O) groups is 2. The molecule has 0 saturated heterocycles. The summed E-state index contributed by atoms with van der Waals surface area (Å²) in [5.74, 6) is -0.494. The van der Waals surface area contributed by atoms with Gasteiger partial charge >= 0.3 is 5.97 Å². The molecule has 0 radical (unpaired) electrons. The lowest BCUT2D eigenvalue weighted by Gasteiger charge is -2.13. The first-order chi connectivity index (χ1) is 21.3. The Morgan fingerprint density at radius 1 is 0.955 bits per heavy atom. The summed E-state index contributed by atoms with van der Waals surface area (Å²) in [6, 6.07) is 21.0. The molecule has 8 nitrogen and oxygen atoms in total. The Bertz CT molecular complexity index is 1890. The lowest BCUT2D eigenvalue weighted by molar-refractivity contribution is 0.0733. The topological polar surface area (TPSA) is 102 Å². The molecule has 1 aromatic heterocycles. The predicted octanol–water partition coefficient (Wildman–Crippen LogP) is 8.17. The van der Waals surface area contributed by atoms with E-state index in [1.165, 1.54) is 18.3 Å². The molecule has 44 heavy (non-hydrogen) atoms. The molecular formula is C33H26BrClFN3O5. The number of rotatable bonds is 10. The van der Waals surface area contributed by atoms with Crippen LogP contribution in [-0.2, 0) is 0 Å². The van der Waals surface area contributed by atoms with Gasteiger partial charge in [0.05, 0.1) is 25.0 Å². The SMILES string of the molecule is CCOc1ccc(C(=O)Oc2ccc(Br)cc2C=NNC(=O)c2[nH]c3ccc(F)cc3c2-c2ccccc2Cl)cc1OCC. The van der Waals surface area contributed by atoms with Crippen LogP contribution in [0.3, 0.4) is 0 Å². The number of hydrazone groups is 1. The maximum absolute atomic E-state index is 14.2. The van der Waals surface area contributed by atoms with Gasteiger partial charge in [0.15, 0.2) is 11.5 Å². The first-order valence-corrected chi connectivity index (χ1v) is 14.8. The number of benzene rings is 4. The Balaban J connectivity index is 1.40. The molecule has 0 atom stereocenters. The molecule has 0 spiro atoms. The number of ether oxygens (including phenoxy) is 3. The van der Waals surface area contributed by atoms with Crippen molar-refractivity contribution in [2.45, 2.75) is 13.8 Å². The number of esters is 1. The first kappa shape index (κ1) is 30.8. The number of H-pyrrole nitrogens is 1. The highest BCUT2D eigenvalue weighted by molar-refractivity contribution is 9.10. The minimum atomic E-state index is -0.621. The number of nitrogens with zero attached hydrogens (tertiary/aromatic N) is 1. The molecular weight excluding hydrogens is 653 g/mol. The molecule has 5 rings (SSSR count). The highest BCUT2D eigenvalue weighted by atomic mass is 79.9. The highest BCUT2D eigenvalue weighted by Crippen LogP contribution is 2.37. The Morgan fingerprint density at radius 3 is 2.48 bits per heavy atom. The molecule has 11 heteroatoms. The number of amides is 1. The lowest BCUT2D eigenvalue weighted by atomic mass is 10.0. The van der Waals surface area contributed by atoms with Crippen molar-refractivity contribution in [3.8, 4) is 28.4 Å². The largest absolute Gasteiger partial charge is 0.490 e. The molecule has 0 aliphatic carbocycles. The van der Waals surface area contributed by atoms with Crippen LogP contribution in [0.25, 0.3) is 22.0 Å². The van der Waals surface area contributed by atoms with E-state index in [0.29, 0.717) is 61.8 Å². The van der Waals surface area contributed by atoms with E-state index in [1.54, 1.807) is 66.7 Å². The monoisotopic (exact) mass is 677 g/mol. The molecule has 0 unspecified atom stereocenters. The number of aromatic amines is 1. The van der Waals surface area contributed by atoms with Gasteiger partial charge in [-0.3, -0.25) is 4.79 Å². The third kappa shape index (κ3) is 6.77. The van der Waals surface area contributed by atoms with Gasteiger partial charge in [0.1, 0.15) is 17.3 Å². The molecule has 0 bridgehead atoms. The van der Waals surface area contributed by atoms with E-state index in [9.17, 15) is 14.0 Å². The summed E-state index contributed by atoms with van der Waals surface area (Å²) in [7, 11) is 0. The van der Waals surface area contributed by atoms with Crippen molar-refractivity contribution >= 4 is 56.5 Å². The first-order valence-electron chi connectivity index (χ1n) is 13.6. The van der Waals surface area contributed by atoms with Gasteiger partial charge in [0.25, 0.3) is 5.91 Å². The minimum absolute atomic E-state index is 0.150. The zero-order valence-electron chi connectivity index (χ0n) is 23.6. The summed E-state index contributed by atoms with van der Waals surface area (Å²) in [5.41, 5.74) is 4.88. The van der Waals surface area contributed by atoms with Gasteiger partial charge in [-0.25, -0.2) is 14.6 Å². The third-order valence-electron chi connectivity index (χ3n) is 6.45. The van der Waals surface area contributed by atoms with E-state index in [4.69, 9.17) is 25.8 Å². The summed E-state index contributed by atoms with van der Waals surface area (Å²) in [6.45, 7) is 4.54. The van der Waals surface area contributed by atoms with E-state index < -0.39 is 17.7 Å². The highest BCUT2D eigenvalue weighted by Gasteiger charge is 2.21. The van der Waals surface area contributed by atoms with E-state index in [-0.39, 0.29) is 17.0 Å². The van der Waals surface area contributed by atoms with Crippen LogP contribution in [0.1, 0.15) is 40.3 Å². The summed E-state index contributed by atoms with van der Waals surface area (Å²) >= 11 is 9.87. The van der Waals surface area contributed by atoms with Crippen LogP contribution in [0, 0.1) is 5.82 Å². The fraction of sp³-hybridized carbons (Fsp3) is 0.121. The van der Waals surface area contributed by atoms with Crippen LogP contribution in [0.4, 0.5) is 4.39 Å². The smallest absolute Gasteiger partial charge is 0.343 e. The van der Waals surface area contributed by atoms with E-state index in [2.05, 4.69) is 31.4 Å². The fourth-order valence-electron chi connectivity index (χ4n) is 4.54. The summed E-state index contributed by atoms with van der Waals surface area (Å²) in [4.78, 5) is 29.5. The second kappa shape index (κ2) is 13.7. The van der Waals surface area contributed by atoms with Gasteiger partial charge in [0, 0.05) is 37.1 Å². The van der Waals surface area contributed by atoms with Crippen LogP contribution < -0.4 is 19.6 Å². The number of halogens is 3. The van der Waals surface area contributed by atoms with Gasteiger partial charge in [-0.15, -0.1) is 0 Å². The van der Waals surface area contributed by atoms with Crippen molar-refractivity contribution in [2.24, 2.45) is 5.10 Å². The maximum atomic E-state index is 14.2. The molecule has 4 aromatic carbocycles. The van der Waals surface area contributed by atoms with Crippen molar-refractivity contribution in [3.63, 3.8) is 0 Å². The summed E-state index contributed by atoms with van der Waals surface area (Å²) < 4.78 is 31.8. The third-order valence-corrected chi connectivity index (χ3v) is 7.28. The molecule has 5 aromatic rings. The molecule has 2 N–H and O–H groups in total. The van der Waals surface area contributed by atoms with Crippen LogP contribution in [0.15, 0.2) is 88.4 Å². The average Bonchev–Trinajstić information content (AvgIpc) is 3.38. The summed E-state index contributed by atoms with van der Waals surface area (Å²) in [6.07, 6.45) is 1.35. The number of nitrogens with one attached hydrogen (secondary N) is 2. The maximum Gasteiger partial charge on any atom is 0.343 e. The van der Waals surface area contributed by atoms with Crippen molar-refractivity contribution in [1.82, 2.24) is 10.4 Å². The molecule has 0 aliphatic heterocycles. The Morgan fingerprint density at radius 2 is 1.70 bits per heavy atom. The Labute approximate surface area is 265 Å². The molecule has 0 saturated carbocycles. The van der Waals surface area contributed by atoms with Gasteiger partial charge in [0.2, 0.25) is 0 Å². The zero-order valence-corrected chi connectivity index (χ0v) is 26.0. The van der Waals surface area contributed by atoms with Crippen molar-refractivity contribution < 1.29 is 28.2 Å². The molecule has 224 valence electrons. The Kier molecular flexibility index (Phi) is 9.62. The quantitative estimate of drug-likeness (QED) is 0.0672. The molecule has 1 amide bonds. The standard InChI is InChI=1S/C33H26BrClFN3O5/c1-3-42-28-13-9-19(16-29(28)43-4-2)33(41)44-27-14-10-21(34)15-20(27)18-37-39-32(40)31-30(23-7-5-6-8-25(23)35)24-17-22(36)11-12-26(24)38-31/h5-18,38H,3-4H2,1-2H3,(H,39,40). The van der Waals surface area contributed by atoms with Crippen LogP contribution in [0.5, 0.6) is 17.2 Å². The number of aromatic nitrogens is 1. The van der Waals surface area contributed by atoms with Gasteiger partial charge in [-0.2, -0.15) is 5.10 Å². The second-order valence-electron chi connectivity index (χ2n) is 9.34. The van der Waals surface area contributed by atoms with Crippen molar-refractivity contribution in [2.75, 3.05) is 13.2 Å². The number of carbonyl (C=O) groups excluding carboxylic acids is 2. The number of hydrogen-bond acceptors (Lipinski definition) is 6. The molecule has 0 fully saturated rings. The number of hydrogen-bond donors (Lipinski definition) is 2.